The van der Waals surface area contributed by atoms with Gasteiger partial charge in [0.2, 0.25) is 0 Å². The second-order valence-electron chi connectivity index (χ2n) is 50.0. The first-order chi connectivity index (χ1) is 53.9. The highest BCUT2D eigenvalue weighted by molar-refractivity contribution is 5.55. The molecule has 0 aromatic heterocycles. The summed E-state index contributed by atoms with van der Waals surface area (Å²) in [6, 6.07) is 14.5. The molecule has 0 saturated carbocycles. The molecule has 3 N–H and O–H groups in total. The van der Waals surface area contributed by atoms with Crippen molar-refractivity contribution < 1.29 is 15.3 Å². The van der Waals surface area contributed by atoms with E-state index in [0.717, 1.165) is 91.2 Å². The van der Waals surface area contributed by atoms with Crippen LogP contribution in [0, 0.1) is 32.5 Å². The van der Waals surface area contributed by atoms with E-state index < -0.39 is 0 Å². The van der Waals surface area contributed by atoms with Gasteiger partial charge in [0, 0.05) is 33.4 Å². The minimum absolute atomic E-state index is 0.131. The van der Waals surface area contributed by atoms with Crippen LogP contribution in [-0.2, 0) is 90.3 Å². The molecule has 0 saturated heterocycles. The highest BCUT2D eigenvalue weighted by atomic mass is 16.3. The maximum Gasteiger partial charge on any atom is 0.123 e. The van der Waals surface area contributed by atoms with Crippen LogP contribution in [0.15, 0.2) is 36.4 Å². The van der Waals surface area contributed by atoms with E-state index >= 15 is 0 Å². The number of benzene rings is 4. The van der Waals surface area contributed by atoms with Crippen molar-refractivity contribution in [1.82, 2.24) is 0 Å². The molecule has 0 aliphatic rings. The molecular formula is C114H198O3. The summed E-state index contributed by atoms with van der Waals surface area (Å²) < 4.78 is 0. The van der Waals surface area contributed by atoms with Gasteiger partial charge in [0.1, 0.15) is 17.2 Å². The summed E-state index contributed by atoms with van der Waals surface area (Å²) in [6.45, 7) is 78.1. The molecule has 0 spiro atoms. The van der Waals surface area contributed by atoms with Crippen LogP contribution in [-0.4, -0.2) is 15.3 Å². The number of aryl methyl sites for hydroxylation is 3. The molecule has 117 heavy (non-hydrogen) atoms. The van der Waals surface area contributed by atoms with Gasteiger partial charge in [0.05, 0.1) is 0 Å². The van der Waals surface area contributed by atoms with Crippen molar-refractivity contribution in [2.75, 3.05) is 0 Å². The smallest absolute Gasteiger partial charge is 0.123 e. The highest BCUT2D eigenvalue weighted by Gasteiger charge is 2.40. The minimum atomic E-state index is -0.165. The van der Waals surface area contributed by atoms with Crippen LogP contribution in [0.2, 0.25) is 0 Å². The Balaban J connectivity index is 1.96. The van der Waals surface area contributed by atoms with E-state index in [2.05, 4.69) is 265 Å². The lowest BCUT2D eigenvalue weighted by Crippen LogP contribution is -2.28. The van der Waals surface area contributed by atoms with Gasteiger partial charge >= 0.3 is 0 Å². The third-order valence-electron chi connectivity index (χ3n) is 26.2. The molecular weight excluding hydrogens is 1420 g/mol. The Kier molecular flexibility index (Phi) is 41.8. The molecule has 4 rings (SSSR count). The van der Waals surface area contributed by atoms with Gasteiger partial charge in [-0.15, -0.1) is 0 Å². The van der Waals surface area contributed by atoms with Gasteiger partial charge in [-0.05, 0) is 269 Å². The molecule has 0 unspecified atom stereocenters. The van der Waals surface area contributed by atoms with Crippen molar-refractivity contribution >= 4 is 0 Å². The molecule has 0 amide bonds. The van der Waals surface area contributed by atoms with E-state index in [1.807, 2.05) is 33.4 Å². The molecule has 0 fully saturated rings. The van der Waals surface area contributed by atoms with Crippen LogP contribution in [0.1, 0.15) is 543 Å². The van der Waals surface area contributed by atoms with Crippen LogP contribution in [0.3, 0.4) is 0 Å². The standard InChI is InChI=1S/C114H198O3/c1-34-37-40-43-46-58-67-88-91(70-61-52-49-55-64-85-73-94(109(22,23)79-103(4,5)6)100(115)95(74-85)110(24,25)80-104(7,8)9)89(68-59-47-44-41-38-35-2)93(72-63-54-51-57-66-87-77-98(113(30,31)83-107(16,17)18)102(117)99(78-87)114(32,33)84-108(19,20)21)90(69-60-48-45-42-39-36-3)92(88)71-62-53-50-56-65-86-75-96(111(26,27)81-105(10,11)12)101(116)97(76-86)112(28,29)82-106(13,14)15/h73-78,115-117H,34-72,79-84H2,1-33H3. The zero-order valence-electron chi connectivity index (χ0n) is 84.6. The number of aromatic hydroxyl groups is 3. The maximum absolute atomic E-state index is 12.5. The fraction of sp³-hybridized carbons (Fsp3) is 0.789. The lowest BCUT2D eigenvalue weighted by atomic mass is 9.67. The Morgan fingerprint density at radius 3 is 0.419 bits per heavy atom. The predicted molar refractivity (Wildman–Crippen MR) is 522 cm³/mol. The number of phenolic OH excluding ortho intramolecular Hbond substituents is 3. The molecule has 0 atom stereocenters. The molecule has 3 nitrogen and oxygen atoms in total. The van der Waals surface area contributed by atoms with Crippen molar-refractivity contribution in [2.45, 2.75) is 550 Å². The molecule has 0 heterocycles. The van der Waals surface area contributed by atoms with Gasteiger partial charge in [-0.2, -0.15) is 0 Å². The van der Waals surface area contributed by atoms with Crippen molar-refractivity contribution in [3.8, 4) is 17.2 Å². The zero-order valence-corrected chi connectivity index (χ0v) is 84.6. The van der Waals surface area contributed by atoms with E-state index in [1.54, 1.807) is 0 Å². The molecule has 4 aromatic carbocycles. The van der Waals surface area contributed by atoms with Crippen molar-refractivity contribution in [3.63, 3.8) is 0 Å². The number of hydrogen-bond acceptors (Lipinski definition) is 3. The molecule has 0 aliphatic carbocycles. The third kappa shape index (κ3) is 37.3. The van der Waals surface area contributed by atoms with Crippen molar-refractivity contribution in [1.29, 1.82) is 0 Å². The van der Waals surface area contributed by atoms with Gasteiger partial charge in [-0.3, -0.25) is 0 Å². The largest absolute Gasteiger partial charge is 0.507 e. The summed E-state index contributed by atoms with van der Waals surface area (Å²) in [5, 5.41) is 37.4. The van der Waals surface area contributed by atoms with Crippen molar-refractivity contribution in [2.24, 2.45) is 32.5 Å². The SMILES string of the molecule is CCCCCCCCc1c(CCCCCCc2cc(C(C)(C)CC(C)(C)C)c(O)c(C(C)(C)CC(C)(C)C)c2)c(CCCCCCCC)c(CCCCCCc2cc(C(C)(C)CC(C)(C)C)c(O)c(C(C)(C)CC(C)(C)C)c2)c(CCCCCCCC)c1CCCCCCc1cc(C(C)(C)CC(C)(C)C)c(O)c(C(C)(C)CC(C)(C)C)c1. The average Bonchev–Trinajstić information content (AvgIpc) is 0.782. The fourth-order valence-corrected chi connectivity index (χ4v) is 23.2. The minimum Gasteiger partial charge on any atom is -0.507 e. The lowest BCUT2D eigenvalue weighted by Gasteiger charge is -2.38. The number of rotatable bonds is 54. The molecule has 0 radical (unpaired) electrons. The van der Waals surface area contributed by atoms with Gasteiger partial charge in [-0.1, -0.05) is 400 Å². The summed E-state index contributed by atoms with van der Waals surface area (Å²) in [4.78, 5) is 0. The van der Waals surface area contributed by atoms with Gasteiger partial charge in [0.15, 0.2) is 0 Å². The average molecular weight is 1620 g/mol. The van der Waals surface area contributed by atoms with E-state index in [4.69, 9.17) is 0 Å². The summed E-state index contributed by atoms with van der Waals surface area (Å²) >= 11 is 0. The Morgan fingerprint density at radius 1 is 0.171 bits per heavy atom. The first-order valence-electron chi connectivity index (χ1n) is 49.7. The summed E-state index contributed by atoms with van der Waals surface area (Å²) in [5.74, 6) is 1.61. The Hall–Kier alpha value is -3.72. The van der Waals surface area contributed by atoms with E-state index in [0.29, 0.717) is 17.2 Å². The maximum atomic E-state index is 12.5. The van der Waals surface area contributed by atoms with Gasteiger partial charge < -0.3 is 15.3 Å². The number of unbranched alkanes of at least 4 members (excludes halogenated alkanes) is 24. The third-order valence-corrected chi connectivity index (χ3v) is 26.2. The Bertz CT molecular complexity index is 3000. The second-order valence-corrected chi connectivity index (χ2v) is 50.0. The summed E-state index contributed by atoms with van der Waals surface area (Å²) in [7, 11) is 0. The fourth-order valence-electron chi connectivity index (χ4n) is 23.2. The monoisotopic (exact) mass is 1620 g/mol. The first kappa shape index (κ1) is 106. The van der Waals surface area contributed by atoms with E-state index in [1.165, 1.54) is 248 Å². The molecule has 4 aromatic rings. The normalized spacial score (nSPS) is 13.6. The van der Waals surface area contributed by atoms with Gasteiger partial charge in [0.25, 0.3) is 0 Å². The Morgan fingerprint density at radius 2 is 0.291 bits per heavy atom. The van der Waals surface area contributed by atoms with Crippen LogP contribution in [0.25, 0.3) is 0 Å². The predicted octanol–water partition coefficient (Wildman–Crippen LogP) is 35.8. The van der Waals surface area contributed by atoms with Crippen LogP contribution in [0.4, 0.5) is 0 Å². The van der Waals surface area contributed by atoms with Crippen molar-refractivity contribution in [3.05, 3.63) is 120 Å². The summed E-state index contributed by atoms with van der Waals surface area (Å²) in [6.07, 6.45) is 55.1. The van der Waals surface area contributed by atoms with E-state index in [9.17, 15) is 15.3 Å². The zero-order chi connectivity index (χ0) is 88.5. The highest BCUT2D eigenvalue weighted by Crippen LogP contribution is 2.52. The number of hydrogen-bond donors (Lipinski definition) is 3. The molecule has 672 valence electrons. The van der Waals surface area contributed by atoms with E-state index in [-0.39, 0.29) is 65.0 Å². The van der Waals surface area contributed by atoms with Crippen LogP contribution < -0.4 is 0 Å². The molecule has 3 heteroatoms. The van der Waals surface area contributed by atoms with Gasteiger partial charge in [-0.25, -0.2) is 0 Å². The van der Waals surface area contributed by atoms with Crippen LogP contribution in [0.5, 0.6) is 17.2 Å². The summed E-state index contributed by atoms with van der Waals surface area (Å²) in [5.41, 5.74) is 21.8. The molecule has 0 bridgehead atoms. The molecule has 0 aliphatic heterocycles. The number of phenols is 3. The lowest BCUT2D eigenvalue weighted by molar-refractivity contribution is 0.266. The topological polar surface area (TPSA) is 60.7 Å². The quantitative estimate of drug-likeness (QED) is 0.0386. The van der Waals surface area contributed by atoms with Crippen LogP contribution >= 0.6 is 0 Å². The first-order valence-corrected chi connectivity index (χ1v) is 49.7. The Labute approximate surface area is 730 Å². The second kappa shape index (κ2) is 46.3.